The van der Waals surface area contributed by atoms with Gasteiger partial charge in [0.1, 0.15) is 0 Å². The van der Waals surface area contributed by atoms with Gasteiger partial charge in [0.25, 0.3) is 0 Å². The predicted octanol–water partition coefficient (Wildman–Crippen LogP) is -1.18. The van der Waals surface area contributed by atoms with E-state index in [1.54, 1.807) is 6.92 Å². The Morgan fingerprint density at radius 2 is 2.09 bits per heavy atom. The number of hydrogen-bond donors (Lipinski definition) is 4. The van der Waals surface area contributed by atoms with Gasteiger partial charge in [-0.3, -0.25) is 5.43 Å². The summed E-state index contributed by atoms with van der Waals surface area (Å²) >= 11 is 0. The van der Waals surface area contributed by atoms with Crippen LogP contribution in [0.2, 0.25) is 0 Å². The van der Waals surface area contributed by atoms with Gasteiger partial charge in [0.2, 0.25) is 0 Å². The van der Waals surface area contributed by atoms with Gasteiger partial charge in [0.05, 0.1) is 6.61 Å². The van der Waals surface area contributed by atoms with Gasteiger partial charge in [-0.1, -0.05) is 0 Å². The van der Waals surface area contributed by atoms with Crippen molar-refractivity contribution in [3.05, 3.63) is 0 Å². The zero-order chi connectivity index (χ0) is 8.69. The SMILES string of the molecule is CCOC(=O)NNNC(N)=O. The first-order valence-corrected chi connectivity index (χ1v) is 2.90. The molecule has 7 heteroatoms. The molecule has 0 aliphatic heterocycles. The largest absolute Gasteiger partial charge is 0.449 e. The number of hydrazine groups is 2. The topological polar surface area (TPSA) is 105 Å². The maximum atomic E-state index is 10.4. The fourth-order valence-electron chi connectivity index (χ4n) is 0.311. The van der Waals surface area contributed by atoms with Crippen molar-refractivity contribution in [2.24, 2.45) is 5.73 Å². The molecule has 0 rings (SSSR count). The third-order valence-corrected chi connectivity index (χ3v) is 0.626. The molecule has 0 spiro atoms. The van der Waals surface area contributed by atoms with E-state index < -0.39 is 12.1 Å². The summed E-state index contributed by atoms with van der Waals surface area (Å²) in [5, 5.41) is 0. The highest BCUT2D eigenvalue weighted by molar-refractivity contribution is 5.71. The molecule has 0 unspecified atom stereocenters. The molecule has 0 saturated carbocycles. The quantitative estimate of drug-likeness (QED) is 0.392. The summed E-state index contributed by atoms with van der Waals surface area (Å²) in [6.45, 7) is 1.91. The predicted molar refractivity (Wildman–Crippen MR) is 36.0 cm³/mol. The van der Waals surface area contributed by atoms with Crippen molar-refractivity contribution in [1.82, 2.24) is 16.4 Å². The van der Waals surface area contributed by atoms with Crippen LogP contribution in [-0.4, -0.2) is 18.7 Å². The van der Waals surface area contributed by atoms with E-state index in [2.05, 4.69) is 10.5 Å². The summed E-state index contributed by atoms with van der Waals surface area (Å²) in [5.41, 5.74) is 10.6. The monoisotopic (exact) mass is 162 g/mol. The fraction of sp³-hybridized carbons (Fsp3) is 0.500. The second-order valence-electron chi connectivity index (χ2n) is 1.46. The Morgan fingerprint density at radius 1 is 1.45 bits per heavy atom. The third kappa shape index (κ3) is 6.38. The van der Waals surface area contributed by atoms with Crippen molar-refractivity contribution < 1.29 is 14.3 Å². The van der Waals surface area contributed by atoms with Crippen LogP contribution in [-0.2, 0) is 4.74 Å². The molecule has 0 bridgehead atoms. The number of nitrogens with two attached hydrogens (primary N) is 1. The molecule has 0 aromatic heterocycles. The minimum absolute atomic E-state index is 0.254. The number of hydrogen-bond acceptors (Lipinski definition) is 4. The summed E-state index contributed by atoms with van der Waals surface area (Å²) in [5.74, 6) is 0. The van der Waals surface area contributed by atoms with Crippen molar-refractivity contribution in [2.75, 3.05) is 6.61 Å². The van der Waals surface area contributed by atoms with E-state index in [0.29, 0.717) is 0 Å². The summed E-state index contributed by atoms with van der Waals surface area (Å²) in [7, 11) is 0. The second-order valence-corrected chi connectivity index (χ2v) is 1.46. The van der Waals surface area contributed by atoms with Crippen LogP contribution in [0.4, 0.5) is 9.59 Å². The van der Waals surface area contributed by atoms with Gasteiger partial charge in [-0.05, 0) is 6.92 Å². The zero-order valence-corrected chi connectivity index (χ0v) is 6.01. The zero-order valence-electron chi connectivity index (χ0n) is 6.01. The van der Waals surface area contributed by atoms with E-state index in [1.807, 2.05) is 16.4 Å². The average Bonchev–Trinajstić information content (AvgIpc) is 1.87. The first-order chi connectivity index (χ1) is 5.16. The summed E-state index contributed by atoms with van der Waals surface area (Å²) in [6.07, 6.45) is -0.693. The molecule has 0 saturated heterocycles. The van der Waals surface area contributed by atoms with E-state index in [1.165, 1.54) is 0 Å². The van der Waals surface area contributed by atoms with Gasteiger partial charge in [-0.25, -0.2) is 15.0 Å². The number of nitrogens with one attached hydrogen (secondary N) is 3. The Balaban J connectivity index is 3.24. The second kappa shape index (κ2) is 5.30. The van der Waals surface area contributed by atoms with Gasteiger partial charge in [0.15, 0.2) is 0 Å². The maximum absolute atomic E-state index is 10.4. The number of amides is 3. The number of rotatable bonds is 3. The van der Waals surface area contributed by atoms with Crippen molar-refractivity contribution in [2.45, 2.75) is 6.92 Å². The first kappa shape index (κ1) is 9.50. The van der Waals surface area contributed by atoms with Gasteiger partial charge in [-0.2, -0.15) is 0 Å². The Morgan fingerprint density at radius 3 is 2.55 bits per heavy atom. The molecular weight excluding hydrogens is 152 g/mol. The van der Waals surface area contributed by atoms with Crippen LogP contribution in [0.5, 0.6) is 0 Å². The third-order valence-electron chi connectivity index (χ3n) is 0.626. The number of primary amides is 1. The lowest BCUT2D eigenvalue weighted by molar-refractivity contribution is 0.145. The molecule has 5 N–H and O–H groups in total. The number of ether oxygens (including phenoxy) is 1. The molecule has 11 heavy (non-hydrogen) atoms. The molecular formula is C4H10N4O3. The molecule has 3 amide bonds. The molecule has 0 heterocycles. The lowest BCUT2D eigenvalue weighted by atomic mass is 10.9. The van der Waals surface area contributed by atoms with Gasteiger partial charge < -0.3 is 10.5 Å². The van der Waals surface area contributed by atoms with E-state index in [-0.39, 0.29) is 6.61 Å². The van der Waals surface area contributed by atoms with Crippen molar-refractivity contribution in [3.63, 3.8) is 0 Å². The average molecular weight is 162 g/mol. The van der Waals surface area contributed by atoms with Crippen LogP contribution >= 0.6 is 0 Å². The van der Waals surface area contributed by atoms with E-state index in [9.17, 15) is 9.59 Å². The Kier molecular flexibility index (Phi) is 4.58. The molecule has 0 aromatic rings. The molecule has 0 aliphatic rings. The lowest BCUT2D eigenvalue weighted by Gasteiger charge is -2.05. The highest BCUT2D eigenvalue weighted by Crippen LogP contribution is 1.70. The number of carbonyl (C=O) groups excluding carboxylic acids is 2. The summed E-state index contributed by atoms with van der Waals surface area (Å²) < 4.78 is 4.42. The smallest absolute Gasteiger partial charge is 0.423 e. The molecule has 0 aliphatic carbocycles. The highest BCUT2D eigenvalue weighted by Gasteiger charge is 1.97. The van der Waals surface area contributed by atoms with Crippen LogP contribution in [0.3, 0.4) is 0 Å². The lowest BCUT2D eigenvalue weighted by Crippen LogP contribution is -2.51. The van der Waals surface area contributed by atoms with Crippen molar-refractivity contribution >= 4 is 12.1 Å². The van der Waals surface area contributed by atoms with E-state index >= 15 is 0 Å². The first-order valence-electron chi connectivity index (χ1n) is 2.90. The Labute approximate surface area is 63.2 Å². The number of urea groups is 1. The molecule has 0 fully saturated rings. The maximum Gasteiger partial charge on any atom is 0.423 e. The van der Waals surface area contributed by atoms with Crippen LogP contribution in [0.15, 0.2) is 0 Å². The van der Waals surface area contributed by atoms with Crippen LogP contribution < -0.4 is 22.1 Å². The number of carbonyl (C=O) groups is 2. The van der Waals surface area contributed by atoms with Gasteiger partial charge >= 0.3 is 12.1 Å². The van der Waals surface area contributed by atoms with E-state index in [0.717, 1.165) is 0 Å². The minimum Gasteiger partial charge on any atom is -0.449 e. The van der Waals surface area contributed by atoms with Gasteiger partial charge in [-0.15, -0.1) is 5.53 Å². The fourth-order valence-corrected chi connectivity index (χ4v) is 0.311. The summed E-state index contributed by atoms with van der Waals surface area (Å²) in [6, 6.07) is -0.804. The summed E-state index contributed by atoms with van der Waals surface area (Å²) in [4.78, 5) is 20.4. The molecule has 64 valence electrons. The molecule has 0 aromatic carbocycles. The van der Waals surface area contributed by atoms with Crippen molar-refractivity contribution in [3.8, 4) is 0 Å². The molecule has 7 nitrogen and oxygen atoms in total. The highest BCUT2D eigenvalue weighted by atomic mass is 16.6. The van der Waals surface area contributed by atoms with E-state index in [4.69, 9.17) is 0 Å². The minimum atomic E-state index is -0.804. The molecule has 0 radical (unpaired) electrons. The van der Waals surface area contributed by atoms with Crippen LogP contribution in [0.1, 0.15) is 6.92 Å². The normalized spacial score (nSPS) is 8.45. The Hall–Kier alpha value is -1.50. The standard InChI is InChI=1S/C4H10N4O3/c1-2-11-4(10)7-8-6-3(5)9/h8H,2H2,1H3,(H,7,10)(H3,5,6,9). The van der Waals surface area contributed by atoms with Crippen molar-refractivity contribution in [1.29, 1.82) is 0 Å². The Bertz CT molecular complexity index is 148. The van der Waals surface area contributed by atoms with Gasteiger partial charge in [0, 0.05) is 0 Å². The van der Waals surface area contributed by atoms with Crippen LogP contribution in [0, 0.1) is 0 Å². The van der Waals surface area contributed by atoms with Crippen LogP contribution in [0.25, 0.3) is 0 Å². The molecule has 0 atom stereocenters.